The van der Waals surface area contributed by atoms with Gasteiger partial charge in [-0.3, -0.25) is 11.3 Å². The Kier molecular flexibility index (Phi) is 6.26. The van der Waals surface area contributed by atoms with Gasteiger partial charge in [0.05, 0.1) is 0 Å². The lowest BCUT2D eigenvalue weighted by atomic mass is 9.94. The van der Waals surface area contributed by atoms with E-state index in [0.29, 0.717) is 6.04 Å². The van der Waals surface area contributed by atoms with E-state index in [4.69, 9.17) is 5.84 Å². The van der Waals surface area contributed by atoms with Crippen LogP contribution >= 0.6 is 0 Å². The number of hydrogen-bond acceptors (Lipinski definition) is 2. The Labute approximate surface area is 95.0 Å². The van der Waals surface area contributed by atoms with Gasteiger partial charge in [0.25, 0.3) is 0 Å². The van der Waals surface area contributed by atoms with Crippen molar-refractivity contribution >= 4 is 0 Å². The Morgan fingerprint density at radius 3 is 2.40 bits per heavy atom. The van der Waals surface area contributed by atoms with Crippen molar-refractivity contribution in [2.45, 2.75) is 71.3 Å². The highest BCUT2D eigenvalue weighted by Gasteiger charge is 2.19. The van der Waals surface area contributed by atoms with E-state index in [1.807, 2.05) is 0 Å². The number of nitrogens with two attached hydrogens (primary N) is 1. The summed E-state index contributed by atoms with van der Waals surface area (Å²) < 4.78 is 0. The molecule has 0 radical (unpaired) electrons. The van der Waals surface area contributed by atoms with Crippen LogP contribution in [-0.4, -0.2) is 6.04 Å². The molecule has 0 aromatic rings. The molecule has 0 aromatic carbocycles. The zero-order chi connectivity index (χ0) is 11.1. The van der Waals surface area contributed by atoms with E-state index in [2.05, 4.69) is 19.3 Å². The first-order chi connectivity index (χ1) is 7.22. The van der Waals surface area contributed by atoms with Crippen LogP contribution in [0.2, 0.25) is 0 Å². The maximum atomic E-state index is 5.62. The van der Waals surface area contributed by atoms with Crippen LogP contribution in [0.1, 0.15) is 65.2 Å². The third-order valence-electron chi connectivity index (χ3n) is 3.66. The Balaban J connectivity index is 2.11. The van der Waals surface area contributed by atoms with E-state index in [-0.39, 0.29) is 0 Å². The molecule has 2 nitrogen and oxygen atoms in total. The third-order valence-corrected chi connectivity index (χ3v) is 3.66. The minimum absolute atomic E-state index is 0.562. The van der Waals surface area contributed by atoms with Gasteiger partial charge in [0.2, 0.25) is 0 Å². The van der Waals surface area contributed by atoms with Crippen LogP contribution in [0.5, 0.6) is 0 Å². The molecule has 90 valence electrons. The summed E-state index contributed by atoms with van der Waals surface area (Å²) >= 11 is 0. The fraction of sp³-hybridized carbons (Fsp3) is 1.00. The van der Waals surface area contributed by atoms with Gasteiger partial charge >= 0.3 is 0 Å². The molecule has 0 aliphatic heterocycles. The molecule has 15 heavy (non-hydrogen) atoms. The van der Waals surface area contributed by atoms with Crippen molar-refractivity contribution in [3.05, 3.63) is 0 Å². The summed E-state index contributed by atoms with van der Waals surface area (Å²) in [6.45, 7) is 4.59. The summed E-state index contributed by atoms with van der Waals surface area (Å²) in [6, 6.07) is 0.562. The maximum absolute atomic E-state index is 5.62. The zero-order valence-electron chi connectivity index (χ0n) is 10.5. The van der Waals surface area contributed by atoms with Gasteiger partial charge in [0.15, 0.2) is 0 Å². The minimum atomic E-state index is 0.562. The molecule has 3 N–H and O–H groups in total. The molecular weight excluding hydrogens is 184 g/mol. The van der Waals surface area contributed by atoms with E-state index in [9.17, 15) is 0 Å². The van der Waals surface area contributed by atoms with E-state index in [0.717, 1.165) is 11.8 Å². The summed E-state index contributed by atoms with van der Waals surface area (Å²) in [5.74, 6) is 7.40. The van der Waals surface area contributed by atoms with Gasteiger partial charge in [-0.1, -0.05) is 52.4 Å². The van der Waals surface area contributed by atoms with Gasteiger partial charge < -0.3 is 0 Å². The summed E-state index contributed by atoms with van der Waals surface area (Å²) in [5, 5.41) is 0. The average Bonchev–Trinajstić information content (AvgIpc) is 2.68. The van der Waals surface area contributed by atoms with Crippen molar-refractivity contribution in [2.24, 2.45) is 17.7 Å². The molecule has 1 rings (SSSR count). The van der Waals surface area contributed by atoms with E-state index in [1.54, 1.807) is 0 Å². The average molecular weight is 212 g/mol. The van der Waals surface area contributed by atoms with Gasteiger partial charge in [-0.2, -0.15) is 0 Å². The van der Waals surface area contributed by atoms with Crippen molar-refractivity contribution in [2.75, 3.05) is 0 Å². The normalized spacial score (nSPS) is 20.0. The molecule has 1 atom stereocenters. The smallest absolute Gasteiger partial charge is 0.0213 e. The number of hydrogen-bond donors (Lipinski definition) is 2. The van der Waals surface area contributed by atoms with E-state index < -0.39 is 0 Å². The molecule has 0 saturated heterocycles. The lowest BCUT2D eigenvalue weighted by Gasteiger charge is -2.20. The maximum Gasteiger partial charge on any atom is 0.0213 e. The molecule has 0 heterocycles. The van der Waals surface area contributed by atoms with Gasteiger partial charge in [0, 0.05) is 6.04 Å². The summed E-state index contributed by atoms with van der Waals surface area (Å²) in [4.78, 5) is 0. The molecule has 1 fully saturated rings. The van der Waals surface area contributed by atoms with Gasteiger partial charge in [-0.05, 0) is 24.7 Å². The Morgan fingerprint density at radius 2 is 1.87 bits per heavy atom. The van der Waals surface area contributed by atoms with Crippen molar-refractivity contribution in [1.82, 2.24) is 5.43 Å². The molecular formula is C13H28N2. The molecule has 1 unspecified atom stereocenters. The van der Waals surface area contributed by atoms with E-state index in [1.165, 1.54) is 51.4 Å². The first-order valence-electron chi connectivity index (χ1n) is 6.68. The molecule has 0 spiro atoms. The molecule has 1 aliphatic carbocycles. The SMILES string of the molecule is CC(C)CCCC(CC1CCCC1)NN. The van der Waals surface area contributed by atoms with Gasteiger partial charge in [-0.25, -0.2) is 0 Å². The molecule has 0 bridgehead atoms. The second-order valence-electron chi connectivity index (χ2n) is 5.57. The van der Waals surface area contributed by atoms with Crippen LogP contribution in [0.15, 0.2) is 0 Å². The quantitative estimate of drug-likeness (QED) is 0.502. The highest BCUT2D eigenvalue weighted by molar-refractivity contribution is 4.74. The third kappa shape index (κ3) is 5.53. The predicted molar refractivity (Wildman–Crippen MR) is 66.4 cm³/mol. The molecule has 0 aromatic heterocycles. The zero-order valence-corrected chi connectivity index (χ0v) is 10.5. The number of hydrazine groups is 1. The molecule has 0 amide bonds. The second kappa shape index (κ2) is 7.24. The Morgan fingerprint density at radius 1 is 1.20 bits per heavy atom. The lowest BCUT2D eigenvalue weighted by Crippen LogP contribution is -2.36. The Hall–Kier alpha value is -0.0800. The fourth-order valence-corrected chi connectivity index (χ4v) is 2.69. The number of nitrogens with one attached hydrogen (secondary N) is 1. The number of rotatable bonds is 7. The van der Waals surface area contributed by atoms with Crippen LogP contribution in [0.3, 0.4) is 0 Å². The summed E-state index contributed by atoms with van der Waals surface area (Å²) in [7, 11) is 0. The van der Waals surface area contributed by atoms with Crippen LogP contribution in [-0.2, 0) is 0 Å². The first-order valence-corrected chi connectivity index (χ1v) is 6.68. The fourth-order valence-electron chi connectivity index (χ4n) is 2.69. The predicted octanol–water partition coefficient (Wildman–Crippen LogP) is 3.22. The van der Waals surface area contributed by atoms with Gasteiger partial charge in [0.1, 0.15) is 0 Å². The molecule has 2 heteroatoms. The van der Waals surface area contributed by atoms with Crippen LogP contribution in [0, 0.1) is 11.8 Å². The largest absolute Gasteiger partial charge is 0.271 e. The van der Waals surface area contributed by atoms with Crippen LogP contribution in [0.4, 0.5) is 0 Å². The van der Waals surface area contributed by atoms with Crippen LogP contribution in [0.25, 0.3) is 0 Å². The topological polar surface area (TPSA) is 38.0 Å². The lowest BCUT2D eigenvalue weighted by molar-refractivity contribution is 0.359. The monoisotopic (exact) mass is 212 g/mol. The van der Waals surface area contributed by atoms with Crippen LogP contribution < -0.4 is 11.3 Å². The van der Waals surface area contributed by atoms with Crippen molar-refractivity contribution in [3.63, 3.8) is 0 Å². The standard InChI is InChI=1S/C13H28N2/c1-11(2)6-5-9-13(15-14)10-12-7-3-4-8-12/h11-13,15H,3-10,14H2,1-2H3. The van der Waals surface area contributed by atoms with Crippen molar-refractivity contribution < 1.29 is 0 Å². The van der Waals surface area contributed by atoms with E-state index >= 15 is 0 Å². The summed E-state index contributed by atoms with van der Waals surface area (Å²) in [6.07, 6.45) is 11.0. The highest BCUT2D eigenvalue weighted by Crippen LogP contribution is 2.29. The summed E-state index contributed by atoms with van der Waals surface area (Å²) in [5.41, 5.74) is 3.00. The van der Waals surface area contributed by atoms with Crippen molar-refractivity contribution in [1.29, 1.82) is 0 Å². The Bertz CT molecular complexity index is 151. The molecule has 1 aliphatic rings. The van der Waals surface area contributed by atoms with Crippen molar-refractivity contribution in [3.8, 4) is 0 Å². The second-order valence-corrected chi connectivity index (χ2v) is 5.57. The minimum Gasteiger partial charge on any atom is -0.271 e. The highest BCUT2D eigenvalue weighted by atomic mass is 15.2. The molecule has 1 saturated carbocycles. The van der Waals surface area contributed by atoms with Gasteiger partial charge in [-0.15, -0.1) is 0 Å². The first kappa shape index (κ1) is 13.0.